The van der Waals surface area contributed by atoms with E-state index in [1.807, 2.05) is 31.2 Å². The zero-order chi connectivity index (χ0) is 16.2. The molecule has 0 bridgehead atoms. The van der Waals surface area contributed by atoms with E-state index in [0.29, 0.717) is 30.5 Å². The summed E-state index contributed by atoms with van der Waals surface area (Å²) in [7, 11) is 0. The van der Waals surface area contributed by atoms with Crippen LogP contribution in [0.25, 0.3) is 11.5 Å². The van der Waals surface area contributed by atoms with Crippen LogP contribution in [-0.2, 0) is 6.67 Å². The minimum Gasteiger partial charge on any atom is -0.494 e. The van der Waals surface area contributed by atoms with E-state index >= 15 is 0 Å². The fourth-order valence-electron chi connectivity index (χ4n) is 2.72. The molecule has 2 aromatic rings. The second-order valence-electron chi connectivity index (χ2n) is 5.64. The van der Waals surface area contributed by atoms with Crippen LogP contribution in [-0.4, -0.2) is 45.6 Å². The number of benzene rings is 1. The van der Waals surface area contributed by atoms with E-state index in [9.17, 15) is 5.11 Å². The number of hydrogen-bond donors (Lipinski definition) is 1. The normalized spacial score (nSPS) is 19.0. The van der Waals surface area contributed by atoms with Gasteiger partial charge in [-0.15, -0.1) is 5.10 Å². The molecule has 0 aliphatic carbocycles. The highest BCUT2D eigenvalue weighted by Gasteiger charge is 2.19. The third kappa shape index (κ3) is 3.99. The number of likely N-dealkylation sites (tertiary alicyclic amines) is 1. The van der Waals surface area contributed by atoms with Gasteiger partial charge in [0.15, 0.2) is 0 Å². The first-order valence-electron chi connectivity index (χ1n) is 7.87. The fraction of sp³-hybridized carbons (Fsp3) is 0.500. The molecule has 2 heterocycles. The number of aliphatic hydroxyl groups is 1. The second-order valence-corrected chi connectivity index (χ2v) is 5.99. The molecule has 6 nitrogen and oxygen atoms in total. The second kappa shape index (κ2) is 7.25. The number of piperidine rings is 1. The number of β-amino-alcohol motifs (C(OH)–C–C–N with tert-alkyl or cyclic N) is 1. The maximum Gasteiger partial charge on any atom is 0.288 e. The van der Waals surface area contributed by atoms with Gasteiger partial charge < -0.3 is 14.3 Å². The molecule has 124 valence electrons. The summed E-state index contributed by atoms with van der Waals surface area (Å²) in [6, 6.07) is 7.58. The van der Waals surface area contributed by atoms with Gasteiger partial charge in [0.25, 0.3) is 4.84 Å². The molecule has 1 saturated heterocycles. The molecular formula is C16H21N3O3S. The Hall–Kier alpha value is -1.70. The number of rotatable bonds is 5. The Labute approximate surface area is 140 Å². The van der Waals surface area contributed by atoms with Crippen molar-refractivity contribution in [1.29, 1.82) is 0 Å². The van der Waals surface area contributed by atoms with E-state index in [-0.39, 0.29) is 6.10 Å². The fourth-order valence-corrected chi connectivity index (χ4v) is 2.90. The Kier molecular flexibility index (Phi) is 5.09. The van der Waals surface area contributed by atoms with Gasteiger partial charge in [-0.3, -0.25) is 4.90 Å². The van der Waals surface area contributed by atoms with Crippen molar-refractivity contribution in [2.75, 3.05) is 19.7 Å². The van der Waals surface area contributed by atoms with Crippen LogP contribution in [0, 0.1) is 4.84 Å². The molecule has 0 spiro atoms. The van der Waals surface area contributed by atoms with Crippen LogP contribution >= 0.6 is 12.2 Å². The van der Waals surface area contributed by atoms with Crippen LogP contribution in [0.2, 0.25) is 0 Å². The van der Waals surface area contributed by atoms with Crippen LogP contribution in [0.5, 0.6) is 5.75 Å². The zero-order valence-electron chi connectivity index (χ0n) is 13.1. The molecule has 1 fully saturated rings. The molecule has 0 saturated carbocycles. The van der Waals surface area contributed by atoms with Gasteiger partial charge in [-0.05, 0) is 56.2 Å². The minimum atomic E-state index is -0.268. The Morgan fingerprint density at radius 2 is 2.17 bits per heavy atom. The summed E-state index contributed by atoms with van der Waals surface area (Å²) in [4.78, 5) is 2.48. The van der Waals surface area contributed by atoms with Crippen LogP contribution in [0.3, 0.4) is 0 Å². The number of ether oxygens (including phenoxy) is 1. The molecule has 0 amide bonds. The van der Waals surface area contributed by atoms with Gasteiger partial charge in [-0.1, -0.05) is 0 Å². The summed E-state index contributed by atoms with van der Waals surface area (Å²) in [5.41, 5.74) is 0.858. The van der Waals surface area contributed by atoms with Crippen LogP contribution in [0.1, 0.15) is 19.8 Å². The SMILES string of the molecule is CCOc1ccc(-c2nn(CN3CCC[C@@H](O)C3)c(=S)o2)cc1. The van der Waals surface area contributed by atoms with Gasteiger partial charge >= 0.3 is 0 Å². The summed E-state index contributed by atoms with van der Waals surface area (Å²) in [5, 5.41) is 14.2. The van der Waals surface area contributed by atoms with Crippen molar-refractivity contribution >= 4 is 12.2 Å². The molecule has 0 radical (unpaired) electrons. The largest absolute Gasteiger partial charge is 0.494 e. The number of hydrogen-bond acceptors (Lipinski definition) is 6. The average Bonchev–Trinajstić information content (AvgIpc) is 2.89. The molecule has 1 aromatic heterocycles. The van der Waals surface area contributed by atoms with Crippen LogP contribution in [0.4, 0.5) is 0 Å². The first-order chi connectivity index (χ1) is 11.2. The summed E-state index contributed by atoms with van der Waals surface area (Å²) >= 11 is 5.26. The van der Waals surface area contributed by atoms with Crippen molar-refractivity contribution in [1.82, 2.24) is 14.7 Å². The molecule has 1 N–H and O–H groups in total. The maximum absolute atomic E-state index is 9.75. The Morgan fingerprint density at radius 3 is 2.87 bits per heavy atom. The van der Waals surface area contributed by atoms with Crippen molar-refractivity contribution in [3.05, 3.63) is 29.1 Å². The van der Waals surface area contributed by atoms with E-state index in [4.69, 9.17) is 21.4 Å². The maximum atomic E-state index is 9.75. The molecule has 1 aliphatic heterocycles. The van der Waals surface area contributed by atoms with Crippen molar-refractivity contribution in [2.24, 2.45) is 0 Å². The number of aliphatic hydroxyl groups excluding tert-OH is 1. The van der Waals surface area contributed by atoms with E-state index in [1.165, 1.54) is 0 Å². The first kappa shape index (κ1) is 16.2. The average molecular weight is 335 g/mol. The van der Waals surface area contributed by atoms with Gasteiger partial charge in [-0.25, -0.2) is 4.68 Å². The molecular weight excluding hydrogens is 314 g/mol. The first-order valence-corrected chi connectivity index (χ1v) is 8.28. The Morgan fingerprint density at radius 1 is 1.39 bits per heavy atom. The topological polar surface area (TPSA) is 63.7 Å². The standard InChI is InChI=1S/C16H21N3O3S/c1-2-21-14-7-5-12(6-8-14)15-17-19(16(23)22-15)11-18-9-3-4-13(20)10-18/h5-8,13,20H,2-4,9-11H2,1H3/t13-/m1/s1. The minimum absolute atomic E-state index is 0.268. The van der Waals surface area contributed by atoms with Crippen molar-refractivity contribution in [3.8, 4) is 17.2 Å². The van der Waals surface area contributed by atoms with Gasteiger partial charge in [0.05, 0.1) is 19.4 Å². The van der Waals surface area contributed by atoms with E-state index < -0.39 is 0 Å². The third-order valence-corrected chi connectivity index (χ3v) is 4.13. The molecule has 1 atom stereocenters. The third-order valence-electron chi connectivity index (χ3n) is 3.83. The summed E-state index contributed by atoms with van der Waals surface area (Å²) in [6.45, 7) is 4.70. The van der Waals surface area contributed by atoms with E-state index in [1.54, 1.807) is 4.68 Å². The lowest BCUT2D eigenvalue weighted by molar-refractivity contribution is 0.0509. The molecule has 23 heavy (non-hydrogen) atoms. The smallest absolute Gasteiger partial charge is 0.288 e. The van der Waals surface area contributed by atoms with Gasteiger partial charge in [-0.2, -0.15) is 0 Å². The van der Waals surface area contributed by atoms with Crippen LogP contribution in [0.15, 0.2) is 28.7 Å². The lowest BCUT2D eigenvalue weighted by atomic mass is 10.1. The highest BCUT2D eigenvalue weighted by Crippen LogP contribution is 2.22. The molecule has 1 aromatic carbocycles. The van der Waals surface area contributed by atoms with Crippen molar-refractivity contribution in [2.45, 2.75) is 32.5 Å². The highest BCUT2D eigenvalue weighted by atomic mass is 32.1. The highest BCUT2D eigenvalue weighted by molar-refractivity contribution is 7.71. The van der Waals surface area contributed by atoms with E-state index in [2.05, 4.69) is 10.00 Å². The van der Waals surface area contributed by atoms with E-state index in [0.717, 1.165) is 30.7 Å². The quantitative estimate of drug-likeness (QED) is 0.848. The van der Waals surface area contributed by atoms with Crippen molar-refractivity contribution < 1.29 is 14.3 Å². The Balaban J connectivity index is 1.73. The number of aromatic nitrogens is 2. The number of nitrogens with zero attached hydrogens (tertiary/aromatic N) is 3. The molecule has 7 heteroatoms. The summed E-state index contributed by atoms with van der Waals surface area (Å²) in [6.07, 6.45) is 1.58. The van der Waals surface area contributed by atoms with Crippen LogP contribution < -0.4 is 4.74 Å². The predicted octanol–water partition coefficient (Wildman–Crippen LogP) is 2.69. The summed E-state index contributed by atoms with van der Waals surface area (Å²) in [5.74, 6) is 1.31. The molecule has 3 rings (SSSR count). The lowest BCUT2D eigenvalue weighted by Crippen LogP contribution is -2.39. The van der Waals surface area contributed by atoms with Gasteiger partial charge in [0.2, 0.25) is 5.89 Å². The van der Waals surface area contributed by atoms with Crippen molar-refractivity contribution in [3.63, 3.8) is 0 Å². The van der Waals surface area contributed by atoms with Gasteiger partial charge in [0.1, 0.15) is 5.75 Å². The van der Waals surface area contributed by atoms with Gasteiger partial charge in [0, 0.05) is 18.7 Å². The molecule has 1 aliphatic rings. The predicted molar refractivity (Wildman–Crippen MR) is 88.7 cm³/mol. The monoisotopic (exact) mass is 335 g/mol. The Bertz CT molecular complexity index is 695. The lowest BCUT2D eigenvalue weighted by Gasteiger charge is -2.29. The summed E-state index contributed by atoms with van der Waals surface area (Å²) < 4.78 is 12.7. The zero-order valence-corrected chi connectivity index (χ0v) is 14.0. The molecule has 0 unspecified atom stereocenters.